The molecule has 2 atom stereocenters. The molecule has 11 heteroatoms. The van der Waals surface area contributed by atoms with Crippen molar-refractivity contribution >= 4 is 76.2 Å². The normalized spacial score (nSPS) is 12.9. The number of fused-ring (bicyclic) bond motifs is 1. The summed E-state index contributed by atoms with van der Waals surface area (Å²) >= 11 is 19.5. The molecular formula is C24H28Cl3N2O4PS+2. The molecule has 2 aromatic carbocycles. The fourth-order valence-corrected chi connectivity index (χ4v) is 5.45. The molecule has 0 spiro atoms. The van der Waals surface area contributed by atoms with Crippen LogP contribution in [-0.2, 0) is 9.36 Å². The van der Waals surface area contributed by atoms with Crippen molar-refractivity contribution in [3.8, 4) is 0 Å². The van der Waals surface area contributed by atoms with E-state index in [1.165, 1.54) is 17.5 Å². The van der Waals surface area contributed by atoms with E-state index < -0.39 is 13.9 Å². The molecule has 0 bridgehead atoms. The zero-order chi connectivity index (χ0) is 26.2. The van der Waals surface area contributed by atoms with Crippen molar-refractivity contribution in [2.24, 2.45) is 0 Å². The van der Waals surface area contributed by atoms with Crippen molar-refractivity contribution in [2.45, 2.75) is 5.92 Å². The van der Waals surface area contributed by atoms with E-state index in [0.717, 1.165) is 26.7 Å². The Morgan fingerprint density at radius 1 is 1.11 bits per heavy atom. The highest BCUT2D eigenvalue weighted by molar-refractivity contribution is 7.38. The first-order valence-electron chi connectivity index (χ1n) is 10.5. The van der Waals surface area contributed by atoms with Gasteiger partial charge in [-0.2, -0.15) is 4.89 Å². The van der Waals surface area contributed by atoms with Gasteiger partial charge >= 0.3 is 8.03 Å². The van der Waals surface area contributed by atoms with Crippen LogP contribution in [0.4, 0.5) is 0 Å². The standard InChI is InChI=1S/C19H13Cl3NO3PS.C5H14NO/c20-12-1-2-18-15(8-12)17(10-28-18)16(9-27(25)26)19(24)23-4-3-11-5-13(21)7-14(22)6-11;1-6(2,3)4-5-7/h1-8,10,16H,9H2,(H-,23,24,25,26);7H,4-5H2,1-3H3/q;+1/p+1/b4-3+;. The van der Waals surface area contributed by atoms with Crippen LogP contribution in [0.5, 0.6) is 0 Å². The number of nitrogens with one attached hydrogen (secondary N) is 1. The Morgan fingerprint density at radius 3 is 2.31 bits per heavy atom. The minimum absolute atomic E-state index is 0.184. The van der Waals surface area contributed by atoms with Gasteiger partial charge < -0.3 is 14.9 Å². The number of likely N-dealkylation sites (N-methyl/N-ethyl adjacent to an activating group) is 1. The molecule has 3 aromatic rings. The molecule has 1 amide bonds. The van der Waals surface area contributed by atoms with Gasteiger partial charge in [-0.15, -0.1) is 11.3 Å². The third-order valence-electron chi connectivity index (χ3n) is 4.75. The van der Waals surface area contributed by atoms with Crippen molar-refractivity contribution in [3.63, 3.8) is 0 Å². The molecule has 1 aromatic heterocycles. The Hall–Kier alpha value is -1.54. The fourth-order valence-electron chi connectivity index (χ4n) is 3.06. The van der Waals surface area contributed by atoms with Crippen molar-refractivity contribution in [3.05, 3.63) is 74.2 Å². The molecule has 0 saturated carbocycles. The molecule has 1 heterocycles. The quantitative estimate of drug-likeness (QED) is 0.221. The highest BCUT2D eigenvalue weighted by Crippen LogP contribution is 2.36. The van der Waals surface area contributed by atoms with Gasteiger partial charge in [0.05, 0.1) is 27.7 Å². The smallest absolute Gasteiger partial charge is 0.391 e. The summed E-state index contributed by atoms with van der Waals surface area (Å²) in [6, 6.07) is 10.4. The van der Waals surface area contributed by atoms with Gasteiger partial charge in [-0.1, -0.05) is 34.8 Å². The van der Waals surface area contributed by atoms with Crippen LogP contribution in [0.15, 0.2) is 48.0 Å². The molecule has 3 N–H and O–H groups in total. The Kier molecular flexibility index (Phi) is 11.6. The topological polar surface area (TPSA) is 86.6 Å². The Bertz CT molecular complexity index is 1190. The van der Waals surface area contributed by atoms with Gasteiger partial charge in [-0.05, 0) is 68.9 Å². The maximum absolute atomic E-state index is 12.7. The molecule has 35 heavy (non-hydrogen) atoms. The number of aliphatic hydroxyl groups excluding tert-OH is 1. The van der Waals surface area contributed by atoms with Gasteiger partial charge in [0, 0.05) is 26.0 Å². The number of carbonyl (C=O) groups excluding carboxylic acids is 1. The van der Waals surface area contributed by atoms with Crippen LogP contribution in [-0.4, -0.2) is 60.8 Å². The summed E-state index contributed by atoms with van der Waals surface area (Å²) in [5, 5.41) is 15.2. The number of hydrogen-bond donors (Lipinski definition) is 3. The summed E-state index contributed by atoms with van der Waals surface area (Å²) in [5.41, 5.74) is 1.40. The number of aliphatic hydroxyl groups is 1. The summed E-state index contributed by atoms with van der Waals surface area (Å²) < 4.78 is 13.3. The number of quaternary nitrogens is 1. The van der Waals surface area contributed by atoms with E-state index in [9.17, 15) is 14.3 Å². The van der Waals surface area contributed by atoms with E-state index in [1.54, 1.807) is 36.4 Å². The van der Waals surface area contributed by atoms with Gasteiger partial charge in [-0.25, -0.2) is 0 Å². The molecule has 0 aliphatic rings. The number of amides is 1. The average Bonchev–Trinajstić information content (AvgIpc) is 3.13. The fraction of sp³-hybridized carbons (Fsp3) is 0.292. The number of nitrogens with zero attached hydrogens (tertiary/aromatic N) is 1. The molecule has 0 radical (unpaired) electrons. The zero-order valence-corrected chi connectivity index (χ0v) is 23.5. The van der Waals surface area contributed by atoms with Gasteiger partial charge in [0.15, 0.2) is 6.16 Å². The second-order valence-electron chi connectivity index (χ2n) is 8.70. The average molecular weight is 578 g/mol. The molecule has 0 saturated heterocycles. The number of halogens is 3. The van der Waals surface area contributed by atoms with E-state index in [2.05, 4.69) is 26.5 Å². The summed E-state index contributed by atoms with van der Waals surface area (Å²) in [5.74, 6) is -1.17. The van der Waals surface area contributed by atoms with Crippen LogP contribution in [0.3, 0.4) is 0 Å². The third-order valence-corrected chi connectivity index (χ3v) is 7.08. The predicted molar refractivity (Wildman–Crippen MR) is 148 cm³/mol. The van der Waals surface area contributed by atoms with E-state index >= 15 is 0 Å². The number of hydrogen-bond acceptors (Lipinski definition) is 4. The van der Waals surface area contributed by atoms with Crippen LogP contribution in [0.2, 0.25) is 15.1 Å². The monoisotopic (exact) mass is 576 g/mol. The van der Waals surface area contributed by atoms with Gasteiger partial charge in [0.2, 0.25) is 5.91 Å². The van der Waals surface area contributed by atoms with E-state index in [0.29, 0.717) is 20.6 Å². The summed E-state index contributed by atoms with van der Waals surface area (Å²) in [7, 11) is 3.65. The van der Waals surface area contributed by atoms with Crippen LogP contribution < -0.4 is 5.32 Å². The summed E-state index contributed by atoms with van der Waals surface area (Å²) in [6.45, 7) is 1.11. The van der Waals surface area contributed by atoms with Crippen LogP contribution >= 0.6 is 54.2 Å². The minimum Gasteiger partial charge on any atom is -0.391 e. The van der Waals surface area contributed by atoms with E-state index in [-0.39, 0.29) is 18.7 Å². The summed E-state index contributed by atoms with van der Waals surface area (Å²) in [4.78, 5) is 22.2. The molecule has 0 aliphatic carbocycles. The Morgan fingerprint density at radius 2 is 1.77 bits per heavy atom. The number of rotatable bonds is 8. The largest absolute Gasteiger partial charge is 0.506 e. The minimum atomic E-state index is -2.51. The first kappa shape index (κ1) is 29.7. The number of benzene rings is 2. The maximum atomic E-state index is 12.7. The molecule has 0 aliphatic heterocycles. The van der Waals surface area contributed by atoms with Crippen LogP contribution in [0, 0.1) is 0 Å². The lowest BCUT2D eigenvalue weighted by Crippen LogP contribution is -2.36. The first-order chi connectivity index (χ1) is 16.4. The van der Waals surface area contributed by atoms with Crippen molar-refractivity contribution < 1.29 is 23.8 Å². The molecule has 0 fully saturated rings. The van der Waals surface area contributed by atoms with Crippen molar-refractivity contribution in [2.75, 3.05) is 40.5 Å². The number of thiophene rings is 1. The lowest BCUT2D eigenvalue weighted by atomic mass is 9.99. The summed E-state index contributed by atoms with van der Waals surface area (Å²) in [6.07, 6.45) is 2.92. The van der Waals surface area contributed by atoms with Gasteiger partial charge in [-0.3, -0.25) is 4.79 Å². The molecule has 6 nitrogen and oxygen atoms in total. The van der Waals surface area contributed by atoms with Crippen LogP contribution in [0.1, 0.15) is 17.0 Å². The highest BCUT2D eigenvalue weighted by Gasteiger charge is 2.31. The van der Waals surface area contributed by atoms with Gasteiger partial charge in [0.25, 0.3) is 0 Å². The Labute approximate surface area is 225 Å². The zero-order valence-electron chi connectivity index (χ0n) is 19.5. The van der Waals surface area contributed by atoms with Crippen LogP contribution in [0.25, 0.3) is 16.2 Å². The second kappa shape index (κ2) is 13.7. The Balaban J connectivity index is 0.000000540. The first-order valence-corrected chi connectivity index (χ1v) is 13.9. The molecule has 188 valence electrons. The van der Waals surface area contributed by atoms with E-state index in [1.807, 2.05) is 11.4 Å². The highest BCUT2D eigenvalue weighted by atomic mass is 35.5. The molecular weight excluding hydrogens is 550 g/mol. The van der Waals surface area contributed by atoms with Crippen molar-refractivity contribution in [1.82, 2.24) is 5.32 Å². The third kappa shape index (κ3) is 10.2. The lowest BCUT2D eigenvalue weighted by Gasteiger charge is -2.21. The van der Waals surface area contributed by atoms with E-state index in [4.69, 9.17) is 39.9 Å². The molecule has 2 unspecified atom stereocenters. The lowest BCUT2D eigenvalue weighted by molar-refractivity contribution is -0.870. The predicted octanol–water partition coefficient (Wildman–Crippen LogP) is 6.15. The van der Waals surface area contributed by atoms with Gasteiger partial charge in [0.1, 0.15) is 12.5 Å². The number of carbonyl (C=O) groups is 1. The maximum Gasteiger partial charge on any atom is 0.506 e. The molecule has 3 rings (SSSR count). The second-order valence-corrected chi connectivity index (χ2v) is 12.0. The SMILES string of the molecule is C[N+](C)(C)CCO.O=C(N/C=C/c1cc(Cl)cc(Cl)c1)C(C[P+](=O)O)c1csc2ccc(Cl)cc12. The van der Waals surface area contributed by atoms with Crippen molar-refractivity contribution in [1.29, 1.82) is 0 Å².